The van der Waals surface area contributed by atoms with Gasteiger partial charge in [-0.05, 0) is 55.8 Å². The summed E-state index contributed by atoms with van der Waals surface area (Å²) in [4.78, 5) is 16.4. The van der Waals surface area contributed by atoms with Crippen molar-refractivity contribution >= 4 is 23.3 Å². The van der Waals surface area contributed by atoms with E-state index in [4.69, 9.17) is 19.6 Å². The van der Waals surface area contributed by atoms with Crippen molar-refractivity contribution < 1.29 is 19.0 Å². The Morgan fingerprint density at radius 3 is 2.63 bits per heavy atom. The number of hydrogen-bond acceptors (Lipinski definition) is 5. The maximum atomic E-state index is 12.2. The number of amidine groups is 1. The third-order valence-corrected chi connectivity index (χ3v) is 3.95. The number of nitrogens with zero attached hydrogens (tertiary/aromatic N) is 1. The molecule has 1 aliphatic heterocycles. The van der Waals surface area contributed by atoms with Crippen molar-refractivity contribution in [2.45, 2.75) is 13.3 Å². The predicted octanol–water partition coefficient (Wildman–Crippen LogP) is 4.48. The number of methoxy groups -OCH3 is 2. The second kappa shape index (κ2) is 11.2. The summed E-state index contributed by atoms with van der Waals surface area (Å²) in [6, 6.07) is 6.98. The number of ether oxygens (including phenoxy) is 3. The molecule has 2 rings (SSSR count). The molecular formula is C23H25N3O4. The van der Waals surface area contributed by atoms with Crippen LogP contribution >= 0.6 is 0 Å². The Morgan fingerprint density at radius 1 is 1.27 bits per heavy atom. The molecule has 1 aromatic rings. The second-order valence-electron chi connectivity index (χ2n) is 6.12. The minimum atomic E-state index is -0.331. The van der Waals surface area contributed by atoms with Crippen molar-refractivity contribution in [2.75, 3.05) is 19.5 Å². The average Bonchev–Trinajstić information content (AvgIpc) is 3.12. The van der Waals surface area contributed by atoms with Crippen molar-refractivity contribution in [3.8, 4) is 0 Å². The molecule has 7 nitrogen and oxygen atoms in total. The first-order chi connectivity index (χ1) is 14.5. The zero-order valence-electron chi connectivity index (χ0n) is 17.3. The van der Waals surface area contributed by atoms with E-state index in [1.807, 2.05) is 6.92 Å². The first-order valence-electron chi connectivity index (χ1n) is 9.19. The third kappa shape index (κ3) is 6.63. The zero-order chi connectivity index (χ0) is 21.9. The number of hydrogen-bond donors (Lipinski definition) is 2. The Kier molecular flexibility index (Phi) is 8.38. The molecule has 0 fully saturated rings. The van der Waals surface area contributed by atoms with Crippen molar-refractivity contribution in [1.29, 1.82) is 5.41 Å². The molecule has 0 saturated heterocycles. The maximum Gasteiger partial charge on any atom is 0.252 e. The van der Waals surface area contributed by atoms with Crippen LogP contribution in [0.4, 0.5) is 5.69 Å². The van der Waals surface area contributed by atoms with E-state index in [1.165, 1.54) is 13.2 Å². The quantitative estimate of drug-likeness (QED) is 0.273. The molecule has 1 aliphatic rings. The monoisotopic (exact) mass is 407 g/mol. The Hall–Kier alpha value is -3.87. The molecule has 1 heterocycles. The topological polar surface area (TPSA) is 93.0 Å². The lowest BCUT2D eigenvalue weighted by Crippen LogP contribution is -2.09. The van der Waals surface area contributed by atoms with Gasteiger partial charge in [0, 0.05) is 17.3 Å². The van der Waals surface area contributed by atoms with Crippen LogP contribution in [0.25, 0.3) is 0 Å². The molecule has 0 atom stereocenters. The number of amides is 1. The summed E-state index contributed by atoms with van der Waals surface area (Å²) in [7, 11) is 3.07. The van der Waals surface area contributed by atoms with Gasteiger partial charge < -0.3 is 19.5 Å². The van der Waals surface area contributed by atoms with Gasteiger partial charge in [-0.15, -0.1) is 6.58 Å². The number of rotatable bonds is 9. The van der Waals surface area contributed by atoms with E-state index in [0.29, 0.717) is 35.1 Å². The van der Waals surface area contributed by atoms with Crippen LogP contribution in [0.15, 0.2) is 89.6 Å². The lowest BCUT2D eigenvalue weighted by molar-refractivity contribution is -0.112. The highest BCUT2D eigenvalue weighted by molar-refractivity contribution is 6.13. The smallest absolute Gasteiger partial charge is 0.252 e. The van der Waals surface area contributed by atoms with E-state index < -0.39 is 0 Å². The summed E-state index contributed by atoms with van der Waals surface area (Å²) in [5, 5.41) is 10.6. The summed E-state index contributed by atoms with van der Waals surface area (Å²) in [5.41, 5.74) is 1.31. The third-order valence-electron chi connectivity index (χ3n) is 3.95. The number of carbonyl (C=O) groups excluding carboxylic acids is 1. The molecule has 7 heteroatoms. The summed E-state index contributed by atoms with van der Waals surface area (Å²) >= 11 is 0. The zero-order valence-corrected chi connectivity index (χ0v) is 17.3. The fraction of sp³-hybridized carbons (Fsp3) is 0.174. The van der Waals surface area contributed by atoms with E-state index in [2.05, 4.69) is 16.9 Å². The summed E-state index contributed by atoms with van der Waals surface area (Å²) < 4.78 is 15.8. The number of allylic oxidation sites excluding steroid dienone is 6. The normalized spacial score (nSPS) is 15.8. The molecule has 2 N–H and O–H groups in total. The number of nitrogens with one attached hydrogen (secondary N) is 2. The molecule has 0 radical (unpaired) electrons. The standard InChI is InChI=1S/C23H25N3O4/c1-5-6-10-20-22(24)26-23(30-20)17-11-13-18(14-12-17)25-21(27)15-19(29-4)9-7-8-16(2)28-3/h5,7-15,24H,1,6H2,2-4H3,(H,25,27)/b9-7-,16-8+,19-15-,20-10+,24-22?. The van der Waals surface area contributed by atoms with E-state index >= 15 is 0 Å². The molecule has 0 bridgehead atoms. The van der Waals surface area contributed by atoms with Gasteiger partial charge in [-0.2, -0.15) is 4.99 Å². The second-order valence-corrected chi connectivity index (χ2v) is 6.12. The number of anilines is 1. The van der Waals surface area contributed by atoms with E-state index in [1.54, 1.807) is 61.8 Å². The van der Waals surface area contributed by atoms with Crippen molar-refractivity contribution in [2.24, 2.45) is 4.99 Å². The molecular weight excluding hydrogens is 382 g/mol. The molecule has 0 aliphatic carbocycles. The van der Waals surface area contributed by atoms with Crippen LogP contribution in [-0.2, 0) is 19.0 Å². The highest BCUT2D eigenvalue weighted by Gasteiger charge is 2.20. The number of carbonyl (C=O) groups is 1. The van der Waals surface area contributed by atoms with Crippen molar-refractivity contribution in [3.05, 3.63) is 90.1 Å². The van der Waals surface area contributed by atoms with Gasteiger partial charge in [-0.25, -0.2) is 0 Å². The van der Waals surface area contributed by atoms with Gasteiger partial charge in [-0.3, -0.25) is 10.2 Å². The minimum Gasteiger partial charge on any atom is -0.501 e. The number of benzene rings is 1. The molecule has 0 aromatic heterocycles. The Morgan fingerprint density at radius 2 is 2.00 bits per heavy atom. The first-order valence-corrected chi connectivity index (χ1v) is 9.19. The van der Waals surface area contributed by atoms with Gasteiger partial charge in [0.25, 0.3) is 5.91 Å². The Bertz CT molecular complexity index is 951. The molecule has 1 amide bonds. The Balaban J connectivity index is 2.02. The lowest BCUT2D eigenvalue weighted by Gasteiger charge is -2.06. The van der Waals surface area contributed by atoms with Gasteiger partial charge >= 0.3 is 0 Å². The summed E-state index contributed by atoms with van der Waals surface area (Å²) in [6.45, 7) is 5.46. The number of aliphatic imine (C=N–C) groups is 1. The largest absolute Gasteiger partial charge is 0.501 e. The molecule has 1 aromatic carbocycles. The van der Waals surface area contributed by atoms with Crippen molar-refractivity contribution in [1.82, 2.24) is 0 Å². The predicted molar refractivity (Wildman–Crippen MR) is 118 cm³/mol. The summed E-state index contributed by atoms with van der Waals surface area (Å²) in [5.74, 6) is 1.63. The molecule has 156 valence electrons. The lowest BCUT2D eigenvalue weighted by atomic mass is 10.2. The van der Waals surface area contributed by atoms with Crippen LogP contribution in [0.5, 0.6) is 0 Å². The maximum absolute atomic E-state index is 12.2. The molecule has 0 unspecified atom stereocenters. The SMILES string of the molecule is C=CC/C=C1/OC(c2ccc(NC(=O)/C=C(/C=C\C=C(/C)OC)OC)cc2)=NC1=N. The highest BCUT2D eigenvalue weighted by atomic mass is 16.5. The van der Waals surface area contributed by atoms with Gasteiger partial charge in [0.2, 0.25) is 5.90 Å². The van der Waals surface area contributed by atoms with Crippen LogP contribution in [0.2, 0.25) is 0 Å². The van der Waals surface area contributed by atoms with E-state index in [0.717, 1.165) is 5.76 Å². The van der Waals surface area contributed by atoms with E-state index in [-0.39, 0.29) is 11.7 Å². The Labute approximate surface area is 176 Å². The van der Waals surface area contributed by atoms with Crippen molar-refractivity contribution in [3.63, 3.8) is 0 Å². The average molecular weight is 407 g/mol. The van der Waals surface area contributed by atoms with Gasteiger partial charge in [0.05, 0.1) is 20.0 Å². The van der Waals surface area contributed by atoms with Crippen LogP contribution in [-0.4, -0.2) is 31.9 Å². The molecule has 0 spiro atoms. The first kappa shape index (κ1) is 22.4. The van der Waals surface area contributed by atoms with Gasteiger partial charge in [-0.1, -0.05) is 12.2 Å². The minimum absolute atomic E-state index is 0.0741. The summed E-state index contributed by atoms with van der Waals surface area (Å²) in [6.07, 6.45) is 10.6. The van der Waals surface area contributed by atoms with Crippen LogP contribution in [0, 0.1) is 5.41 Å². The van der Waals surface area contributed by atoms with Crippen LogP contribution in [0.3, 0.4) is 0 Å². The van der Waals surface area contributed by atoms with Gasteiger partial charge in [0.1, 0.15) is 5.76 Å². The molecule has 30 heavy (non-hydrogen) atoms. The van der Waals surface area contributed by atoms with Crippen LogP contribution < -0.4 is 5.32 Å². The van der Waals surface area contributed by atoms with E-state index in [9.17, 15) is 4.79 Å². The van der Waals surface area contributed by atoms with Gasteiger partial charge in [0.15, 0.2) is 11.6 Å². The highest BCUT2D eigenvalue weighted by Crippen LogP contribution is 2.19. The fourth-order valence-corrected chi connectivity index (χ4v) is 2.31. The molecule has 0 saturated carbocycles. The fourth-order valence-electron chi connectivity index (χ4n) is 2.31. The van der Waals surface area contributed by atoms with Crippen LogP contribution in [0.1, 0.15) is 18.9 Å².